The number of hydrogen-bond donors (Lipinski definition) is 3. The summed E-state index contributed by atoms with van der Waals surface area (Å²) in [4.78, 5) is 22.3. The van der Waals surface area contributed by atoms with Gasteiger partial charge in [-0.15, -0.1) is 0 Å². The molecule has 0 saturated carbocycles. The molecular formula is C12H23NO4. The van der Waals surface area contributed by atoms with Crippen molar-refractivity contribution in [3.63, 3.8) is 0 Å². The van der Waals surface area contributed by atoms with Crippen molar-refractivity contribution in [3.8, 4) is 0 Å². The molecule has 0 unspecified atom stereocenters. The van der Waals surface area contributed by atoms with Gasteiger partial charge in [0.25, 0.3) is 0 Å². The van der Waals surface area contributed by atoms with Crippen LogP contribution < -0.4 is 5.73 Å². The highest BCUT2D eigenvalue weighted by Crippen LogP contribution is 2.11. The second-order valence-electron chi connectivity index (χ2n) is 4.38. The predicted octanol–water partition coefficient (Wildman–Crippen LogP) is 1.08. The van der Waals surface area contributed by atoms with Gasteiger partial charge in [-0.3, -0.25) is 4.79 Å². The first-order chi connectivity index (χ1) is 7.99. The summed E-state index contributed by atoms with van der Waals surface area (Å²) in [5.41, 5.74) is 3.23. The Morgan fingerprint density at radius 1 is 1.12 bits per heavy atom. The lowest BCUT2D eigenvalue weighted by atomic mass is 9.92. The Hall–Kier alpha value is -0.940. The molecule has 17 heavy (non-hydrogen) atoms. The average Bonchev–Trinajstić information content (AvgIpc) is 2.31. The maximum atomic E-state index is 11.6. The minimum Gasteiger partial charge on any atom is -0.479 e. The zero-order valence-corrected chi connectivity index (χ0v) is 10.4. The normalized spacial score (nSPS) is 14.3. The summed E-state index contributed by atoms with van der Waals surface area (Å²) >= 11 is 0. The Labute approximate surface area is 102 Å². The number of hydrogen-bond acceptors (Lipinski definition) is 4. The monoisotopic (exact) mass is 245 g/mol. The molecule has 0 aliphatic heterocycles. The number of nitrogens with two attached hydrogens (primary N) is 1. The minimum absolute atomic E-state index is 0.121. The molecule has 100 valence electrons. The van der Waals surface area contributed by atoms with Crippen molar-refractivity contribution in [2.45, 2.75) is 57.4 Å². The number of carboxylic acid groups (broad SMARTS) is 1. The fraction of sp³-hybridized carbons (Fsp3) is 0.833. The summed E-state index contributed by atoms with van der Waals surface area (Å²) in [5, 5.41) is 17.6. The molecule has 0 aliphatic rings. The standard InChI is InChI=1S/C12H23NO4/c1-2-3-4-5-6-7-8-10(15)12(13,9-14)11(16)17/h14H,2-9,13H2,1H3,(H,16,17)/t12-/m0/s1. The fourth-order valence-electron chi connectivity index (χ4n) is 1.56. The highest BCUT2D eigenvalue weighted by molar-refractivity contribution is 6.07. The van der Waals surface area contributed by atoms with E-state index in [1.165, 1.54) is 6.42 Å². The molecule has 5 nitrogen and oxygen atoms in total. The largest absolute Gasteiger partial charge is 0.479 e. The first-order valence-electron chi connectivity index (χ1n) is 6.15. The molecule has 5 heteroatoms. The molecule has 0 saturated heterocycles. The van der Waals surface area contributed by atoms with Crippen molar-refractivity contribution in [1.29, 1.82) is 0 Å². The molecule has 0 heterocycles. The maximum Gasteiger partial charge on any atom is 0.333 e. The topological polar surface area (TPSA) is 101 Å². The van der Waals surface area contributed by atoms with Gasteiger partial charge in [-0.2, -0.15) is 0 Å². The molecule has 1 atom stereocenters. The van der Waals surface area contributed by atoms with Crippen molar-refractivity contribution in [2.24, 2.45) is 5.73 Å². The van der Waals surface area contributed by atoms with Crippen LogP contribution in [0.15, 0.2) is 0 Å². The van der Waals surface area contributed by atoms with Crippen molar-refractivity contribution in [3.05, 3.63) is 0 Å². The molecule has 0 radical (unpaired) electrons. The molecule has 0 spiro atoms. The second kappa shape index (κ2) is 8.20. The highest BCUT2D eigenvalue weighted by atomic mass is 16.4. The summed E-state index contributed by atoms with van der Waals surface area (Å²) in [5.74, 6) is -2.06. The summed E-state index contributed by atoms with van der Waals surface area (Å²) < 4.78 is 0. The molecule has 0 fully saturated rings. The SMILES string of the molecule is CCCCCCCCC(=O)[C@@](N)(CO)C(=O)O. The molecule has 0 rings (SSSR count). The number of carboxylic acids is 1. The molecule has 0 amide bonds. The van der Waals surface area contributed by atoms with Crippen LogP contribution in [0.2, 0.25) is 0 Å². The lowest BCUT2D eigenvalue weighted by Gasteiger charge is -2.20. The molecule has 0 aromatic carbocycles. The number of ketones is 1. The number of aliphatic hydroxyl groups is 1. The third-order valence-corrected chi connectivity index (χ3v) is 2.89. The van der Waals surface area contributed by atoms with E-state index in [2.05, 4.69) is 6.92 Å². The number of aliphatic carboxylic acids is 1. The Balaban J connectivity index is 3.89. The van der Waals surface area contributed by atoms with Crippen molar-refractivity contribution in [1.82, 2.24) is 0 Å². The van der Waals surface area contributed by atoms with Crippen LogP contribution in [0.4, 0.5) is 0 Å². The highest BCUT2D eigenvalue weighted by Gasteiger charge is 2.40. The number of Topliss-reactive ketones (excluding diaryl/α,β-unsaturated/α-hetero) is 1. The van der Waals surface area contributed by atoms with E-state index in [0.29, 0.717) is 6.42 Å². The quantitative estimate of drug-likeness (QED) is 0.395. The Morgan fingerprint density at radius 3 is 2.12 bits per heavy atom. The van der Waals surface area contributed by atoms with Gasteiger partial charge in [0.15, 0.2) is 11.3 Å². The number of carbonyl (C=O) groups excluding carboxylic acids is 1. The van der Waals surface area contributed by atoms with Gasteiger partial charge in [0.2, 0.25) is 0 Å². The Kier molecular flexibility index (Phi) is 7.74. The van der Waals surface area contributed by atoms with Crippen molar-refractivity contribution < 1.29 is 19.8 Å². The predicted molar refractivity (Wildman–Crippen MR) is 64.6 cm³/mol. The smallest absolute Gasteiger partial charge is 0.333 e. The summed E-state index contributed by atoms with van der Waals surface area (Å²) in [6, 6.07) is 0. The van der Waals surface area contributed by atoms with Crippen LogP contribution in [0.3, 0.4) is 0 Å². The van der Waals surface area contributed by atoms with E-state index in [1.54, 1.807) is 0 Å². The minimum atomic E-state index is -2.12. The molecule has 0 bridgehead atoms. The zero-order chi connectivity index (χ0) is 13.3. The van der Waals surface area contributed by atoms with Gasteiger partial charge in [-0.1, -0.05) is 39.0 Å². The number of unbranched alkanes of at least 4 members (excludes halogenated alkanes) is 5. The zero-order valence-electron chi connectivity index (χ0n) is 10.4. The van der Waals surface area contributed by atoms with Gasteiger partial charge >= 0.3 is 5.97 Å². The number of carbonyl (C=O) groups is 2. The van der Waals surface area contributed by atoms with Gasteiger partial charge < -0.3 is 15.9 Å². The average molecular weight is 245 g/mol. The van der Waals surface area contributed by atoms with Crippen LogP contribution in [0.5, 0.6) is 0 Å². The molecular weight excluding hydrogens is 222 g/mol. The molecule has 0 aromatic rings. The van der Waals surface area contributed by atoms with Gasteiger partial charge in [-0.25, -0.2) is 4.79 Å². The number of aliphatic hydroxyl groups excluding tert-OH is 1. The van der Waals surface area contributed by atoms with E-state index in [0.717, 1.165) is 25.7 Å². The van der Waals surface area contributed by atoms with Crippen LogP contribution in [0, 0.1) is 0 Å². The van der Waals surface area contributed by atoms with E-state index in [-0.39, 0.29) is 6.42 Å². The van der Waals surface area contributed by atoms with Gasteiger partial charge in [-0.05, 0) is 6.42 Å². The van der Waals surface area contributed by atoms with E-state index in [1.807, 2.05) is 0 Å². The van der Waals surface area contributed by atoms with Crippen LogP contribution >= 0.6 is 0 Å². The van der Waals surface area contributed by atoms with E-state index in [9.17, 15) is 9.59 Å². The fourth-order valence-corrected chi connectivity index (χ4v) is 1.56. The molecule has 0 aliphatic carbocycles. The molecule has 4 N–H and O–H groups in total. The van der Waals surface area contributed by atoms with Gasteiger partial charge in [0.1, 0.15) is 0 Å². The second-order valence-corrected chi connectivity index (χ2v) is 4.38. The van der Waals surface area contributed by atoms with Crippen molar-refractivity contribution >= 4 is 11.8 Å². The third kappa shape index (κ3) is 5.28. The summed E-state index contributed by atoms with van der Waals surface area (Å²) in [7, 11) is 0. The lowest BCUT2D eigenvalue weighted by Crippen LogP contribution is -2.57. The first kappa shape index (κ1) is 16.1. The maximum absolute atomic E-state index is 11.6. The summed E-state index contributed by atoms with van der Waals surface area (Å²) in [6.07, 6.45) is 6.17. The third-order valence-electron chi connectivity index (χ3n) is 2.89. The van der Waals surface area contributed by atoms with Crippen LogP contribution in [0.1, 0.15) is 51.9 Å². The lowest BCUT2D eigenvalue weighted by molar-refractivity contribution is -0.150. The van der Waals surface area contributed by atoms with Gasteiger partial charge in [0, 0.05) is 6.42 Å². The number of rotatable bonds is 10. The van der Waals surface area contributed by atoms with E-state index < -0.39 is 23.9 Å². The Morgan fingerprint density at radius 2 is 1.65 bits per heavy atom. The van der Waals surface area contributed by atoms with Crippen LogP contribution in [-0.4, -0.2) is 34.1 Å². The van der Waals surface area contributed by atoms with E-state index >= 15 is 0 Å². The Bertz CT molecular complexity index is 255. The van der Waals surface area contributed by atoms with E-state index in [4.69, 9.17) is 15.9 Å². The van der Waals surface area contributed by atoms with Crippen LogP contribution in [0.25, 0.3) is 0 Å². The van der Waals surface area contributed by atoms with Gasteiger partial charge in [0.05, 0.1) is 6.61 Å². The summed E-state index contributed by atoms with van der Waals surface area (Å²) in [6.45, 7) is 1.28. The van der Waals surface area contributed by atoms with Crippen molar-refractivity contribution in [2.75, 3.05) is 6.61 Å². The molecule has 0 aromatic heterocycles. The van der Waals surface area contributed by atoms with Crippen LogP contribution in [-0.2, 0) is 9.59 Å². The first-order valence-corrected chi connectivity index (χ1v) is 6.15.